The van der Waals surface area contributed by atoms with Crippen LogP contribution in [0.5, 0.6) is 0 Å². The van der Waals surface area contributed by atoms with Gasteiger partial charge < -0.3 is 0 Å². The number of benzene rings is 1. The largest absolute Gasteiger partial charge is 0.115 e. The summed E-state index contributed by atoms with van der Waals surface area (Å²) in [5.74, 6) is 4.36. The van der Waals surface area contributed by atoms with Crippen molar-refractivity contribution >= 4 is 0 Å². The summed E-state index contributed by atoms with van der Waals surface area (Å²) >= 11 is 0. The van der Waals surface area contributed by atoms with Gasteiger partial charge in [-0.2, -0.15) is 0 Å². The minimum absolute atomic E-state index is 0.771. The molecule has 0 heteroatoms. The fourth-order valence-corrected chi connectivity index (χ4v) is 2.44. The van der Waals surface area contributed by atoms with Crippen molar-refractivity contribution in [2.45, 2.75) is 38.5 Å². The maximum Gasteiger partial charge on any atom is 0.0242 e. The maximum atomic E-state index is 5.35. The van der Waals surface area contributed by atoms with E-state index in [9.17, 15) is 0 Å². The van der Waals surface area contributed by atoms with Gasteiger partial charge in [-0.25, -0.2) is 0 Å². The predicted octanol–water partition coefficient (Wildman–Crippen LogP) is 3.96. The smallest absolute Gasteiger partial charge is 0.0242 e. The molecule has 1 saturated carbocycles. The maximum absolute atomic E-state index is 5.35. The van der Waals surface area contributed by atoms with E-state index >= 15 is 0 Å². The molecule has 0 N–H and O–H groups in total. The summed E-state index contributed by atoms with van der Waals surface area (Å²) in [6, 6.07) is 8.53. The zero-order valence-electron chi connectivity index (χ0n) is 9.37. The minimum atomic E-state index is 0.771. The fourth-order valence-electron chi connectivity index (χ4n) is 2.44. The third-order valence-corrected chi connectivity index (χ3v) is 3.56. The second-order valence-electron chi connectivity index (χ2n) is 4.72. The standard InChI is InChI=1S/C15H18/c1-3-13-6-10-15(11-7-13)14-8-4-12(2)5-9-14/h1,6-7,10-12,14H,4-5,8-9H2,2H3. The predicted molar refractivity (Wildman–Crippen MR) is 64.8 cm³/mol. The van der Waals surface area contributed by atoms with E-state index in [-0.39, 0.29) is 0 Å². The molecular weight excluding hydrogens is 180 g/mol. The van der Waals surface area contributed by atoms with E-state index in [4.69, 9.17) is 6.42 Å². The summed E-state index contributed by atoms with van der Waals surface area (Å²) < 4.78 is 0. The molecule has 1 aromatic carbocycles. The lowest BCUT2D eigenvalue weighted by Crippen LogP contribution is -2.10. The van der Waals surface area contributed by atoms with E-state index in [2.05, 4.69) is 37.1 Å². The highest BCUT2D eigenvalue weighted by molar-refractivity contribution is 5.35. The molecule has 78 valence electrons. The summed E-state index contributed by atoms with van der Waals surface area (Å²) in [4.78, 5) is 0. The topological polar surface area (TPSA) is 0 Å². The molecule has 1 aromatic rings. The summed E-state index contributed by atoms with van der Waals surface area (Å²) in [7, 11) is 0. The van der Waals surface area contributed by atoms with Crippen molar-refractivity contribution in [1.29, 1.82) is 0 Å². The molecule has 0 heterocycles. The highest BCUT2D eigenvalue weighted by Gasteiger charge is 2.19. The Morgan fingerprint density at radius 3 is 2.20 bits per heavy atom. The molecule has 1 fully saturated rings. The van der Waals surface area contributed by atoms with Crippen LogP contribution < -0.4 is 0 Å². The molecule has 2 rings (SSSR count). The number of terminal acetylenes is 1. The average molecular weight is 198 g/mol. The monoisotopic (exact) mass is 198 g/mol. The van der Waals surface area contributed by atoms with Gasteiger partial charge in [0.1, 0.15) is 0 Å². The minimum Gasteiger partial charge on any atom is -0.115 e. The molecular formula is C15H18. The Morgan fingerprint density at radius 2 is 1.67 bits per heavy atom. The van der Waals surface area contributed by atoms with Gasteiger partial charge in [0, 0.05) is 5.56 Å². The quantitative estimate of drug-likeness (QED) is 0.599. The van der Waals surface area contributed by atoms with Crippen molar-refractivity contribution in [2.75, 3.05) is 0 Å². The van der Waals surface area contributed by atoms with Crippen molar-refractivity contribution in [3.05, 3.63) is 35.4 Å². The molecule has 0 bridgehead atoms. The highest BCUT2D eigenvalue weighted by Crippen LogP contribution is 2.35. The Kier molecular flexibility index (Phi) is 3.11. The van der Waals surface area contributed by atoms with Crippen LogP contribution in [0.15, 0.2) is 24.3 Å². The van der Waals surface area contributed by atoms with Crippen LogP contribution in [-0.4, -0.2) is 0 Å². The first kappa shape index (κ1) is 10.3. The van der Waals surface area contributed by atoms with Crippen LogP contribution in [0.2, 0.25) is 0 Å². The molecule has 0 radical (unpaired) electrons. The molecule has 0 unspecified atom stereocenters. The SMILES string of the molecule is C#Cc1ccc(C2CCC(C)CC2)cc1. The normalized spacial score (nSPS) is 25.9. The first-order valence-corrected chi connectivity index (χ1v) is 5.86. The second kappa shape index (κ2) is 4.53. The van der Waals surface area contributed by atoms with Gasteiger partial charge in [-0.05, 0) is 42.4 Å². The molecule has 1 aliphatic carbocycles. The molecule has 0 atom stereocenters. The Morgan fingerprint density at radius 1 is 1.07 bits per heavy atom. The van der Waals surface area contributed by atoms with Gasteiger partial charge in [0.2, 0.25) is 0 Å². The highest BCUT2D eigenvalue weighted by atomic mass is 14.2. The van der Waals surface area contributed by atoms with E-state index in [1.54, 1.807) is 0 Å². The van der Waals surface area contributed by atoms with Crippen molar-refractivity contribution < 1.29 is 0 Å². The molecule has 0 amide bonds. The zero-order valence-corrected chi connectivity index (χ0v) is 9.37. The van der Waals surface area contributed by atoms with Crippen LogP contribution in [0.1, 0.15) is 49.7 Å². The van der Waals surface area contributed by atoms with E-state index in [0.717, 1.165) is 17.4 Å². The molecule has 0 aliphatic heterocycles. The zero-order chi connectivity index (χ0) is 10.7. The van der Waals surface area contributed by atoms with Crippen LogP contribution in [0, 0.1) is 18.3 Å². The Balaban J connectivity index is 2.07. The molecule has 0 nitrogen and oxygen atoms in total. The molecule has 15 heavy (non-hydrogen) atoms. The summed E-state index contributed by atoms with van der Waals surface area (Å²) in [5, 5.41) is 0. The van der Waals surface area contributed by atoms with E-state index in [1.165, 1.54) is 31.2 Å². The average Bonchev–Trinajstić information content (AvgIpc) is 2.30. The van der Waals surface area contributed by atoms with Crippen LogP contribution in [0.3, 0.4) is 0 Å². The number of hydrogen-bond acceptors (Lipinski definition) is 0. The van der Waals surface area contributed by atoms with E-state index in [1.807, 2.05) is 0 Å². The third-order valence-electron chi connectivity index (χ3n) is 3.56. The lowest BCUT2D eigenvalue weighted by Gasteiger charge is -2.26. The number of rotatable bonds is 1. The van der Waals surface area contributed by atoms with Crippen molar-refractivity contribution in [3.63, 3.8) is 0 Å². The van der Waals surface area contributed by atoms with E-state index in [0.29, 0.717) is 0 Å². The van der Waals surface area contributed by atoms with Gasteiger partial charge in [-0.3, -0.25) is 0 Å². The lowest BCUT2D eigenvalue weighted by atomic mass is 9.79. The third kappa shape index (κ3) is 2.42. The van der Waals surface area contributed by atoms with Crippen molar-refractivity contribution in [2.24, 2.45) is 5.92 Å². The van der Waals surface area contributed by atoms with Gasteiger partial charge in [0.25, 0.3) is 0 Å². The lowest BCUT2D eigenvalue weighted by molar-refractivity contribution is 0.348. The van der Waals surface area contributed by atoms with Gasteiger partial charge in [-0.1, -0.05) is 37.8 Å². The van der Waals surface area contributed by atoms with Gasteiger partial charge >= 0.3 is 0 Å². The van der Waals surface area contributed by atoms with Crippen molar-refractivity contribution in [3.8, 4) is 12.3 Å². The Bertz CT molecular complexity index is 345. The first-order chi connectivity index (χ1) is 7.29. The molecule has 1 aliphatic rings. The van der Waals surface area contributed by atoms with Gasteiger partial charge in [-0.15, -0.1) is 6.42 Å². The first-order valence-electron chi connectivity index (χ1n) is 5.86. The Hall–Kier alpha value is -1.22. The molecule has 0 saturated heterocycles. The molecule has 0 aromatic heterocycles. The van der Waals surface area contributed by atoms with Gasteiger partial charge in [0.15, 0.2) is 0 Å². The second-order valence-corrected chi connectivity index (χ2v) is 4.72. The Labute approximate surface area is 92.7 Å². The summed E-state index contributed by atoms with van der Waals surface area (Å²) in [6.45, 7) is 2.36. The molecule has 0 spiro atoms. The van der Waals surface area contributed by atoms with Crippen LogP contribution >= 0.6 is 0 Å². The van der Waals surface area contributed by atoms with Gasteiger partial charge in [0.05, 0.1) is 0 Å². The number of hydrogen-bond donors (Lipinski definition) is 0. The summed E-state index contributed by atoms with van der Waals surface area (Å²) in [6.07, 6.45) is 10.8. The fraction of sp³-hybridized carbons (Fsp3) is 0.467. The summed E-state index contributed by atoms with van der Waals surface area (Å²) in [5.41, 5.74) is 2.46. The van der Waals surface area contributed by atoms with Crippen LogP contribution in [0.25, 0.3) is 0 Å². The van der Waals surface area contributed by atoms with Crippen LogP contribution in [0.4, 0.5) is 0 Å². The van der Waals surface area contributed by atoms with E-state index < -0.39 is 0 Å². The van der Waals surface area contributed by atoms with Crippen molar-refractivity contribution in [1.82, 2.24) is 0 Å². The van der Waals surface area contributed by atoms with Crippen LogP contribution in [-0.2, 0) is 0 Å².